The van der Waals surface area contributed by atoms with Gasteiger partial charge in [0.2, 0.25) is 5.91 Å². The summed E-state index contributed by atoms with van der Waals surface area (Å²) in [6, 6.07) is -1.13. The molecule has 1 saturated heterocycles. The molecule has 8 unspecified atom stereocenters. The third-order valence-electron chi connectivity index (χ3n) is 10.1. The van der Waals surface area contributed by atoms with Crippen LogP contribution in [-0.2, 0) is 28.9 Å². The molecule has 0 aromatic heterocycles. The Bertz CT molecular complexity index is 1110. The number of ether oxygens (including phenoxy) is 2. The second kappa shape index (κ2) is 32.5. The number of hydrogen-bond acceptors (Lipinski definition) is 11. The van der Waals surface area contributed by atoms with Gasteiger partial charge in [0.15, 0.2) is 6.29 Å². The SMILES string of the molecule is CCCCCCCCC/C=C/CC/C=C/C(O)C(COC1OC(CO)C(O)C(OS(=O)(=O)O)C1O)NC(=O)C(O)CCCCCCCCCCCCCCC. The molecule has 1 amide bonds. The fraction of sp³-hybridized carbons (Fsp3) is 0.878. The van der Waals surface area contributed by atoms with Gasteiger partial charge in [0.25, 0.3) is 0 Å². The van der Waals surface area contributed by atoms with Gasteiger partial charge in [-0.2, -0.15) is 8.42 Å². The fourth-order valence-corrected chi connectivity index (χ4v) is 7.16. The van der Waals surface area contributed by atoms with E-state index >= 15 is 0 Å². The van der Waals surface area contributed by atoms with Crippen molar-refractivity contribution in [2.45, 2.75) is 217 Å². The first-order valence-corrected chi connectivity index (χ1v) is 22.7. The normalized spacial score (nSPS) is 22.4. The molecule has 7 N–H and O–H groups in total. The molecule has 0 saturated carbocycles. The number of amides is 1. The highest BCUT2D eigenvalue weighted by Crippen LogP contribution is 2.26. The summed E-state index contributed by atoms with van der Waals surface area (Å²) in [5.74, 6) is -0.713. The maximum atomic E-state index is 13.0. The predicted octanol–water partition coefficient (Wildman–Crippen LogP) is 6.35. The summed E-state index contributed by atoms with van der Waals surface area (Å²) in [6.45, 7) is 3.16. The Morgan fingerprint density at radius 2 is 1.22 bits per heavy atom. The molecule has 1 aliphatic heterocycles. The van der Waals surface area contributed by atoms with Gasteiger partial charge in [-0.05, 0) is 32.1 Å². The van der Waals surface area contributed by atoms with Crippen LogP contribution in [0.2, 0.25) is 0 Å². The Morgan fingerprint density at radius 1 is 0.727 bits per heavy atom. The van der Waals surface area contributed by atoms with E-state index in [4.69, 9.17) is 14.0 Å². The van der Waals surface area contributed by atoms with Gasteiger partial charge in [0, 0.05) is 0 Å². The van der Waals surface area contributed by atoms with Gasteiger partial charge in [-0.15, -0.1) is 0 Å². The van der Waals surface area contributed by atoms with Crippen LogP contribution >= 0.6 is 0 Å². The minimum absolute atomic E-state index is 0.240. The maximum Gasteiger partial charge on any atom is 0.397 e. The summed E-state index contributed by atoms with van der Waals surface area (Å²) < 4.78 is 47.3. The Balaban J connectivity index is 2.68. The zero-order chi connectivity index (χ0) is 40.7. The van der Waals surface area contributed by atoms with Crippen LogP contribution in [0.4, 0.5) is 0 Å². The Morgan fingerprint density at radius 3 is 1.75 bits per heavy atom. The van der Waals surface area contributed by atoms with Crippen molar-refractivity contribution in [1.29, 1.82) is 0 Å². The minimum atomic E-state index is -5.12. The van der Waals surface area contributed by atoms with Crippen molar-refractivity contribution in [3.8, 4) is 0 Å². The summed E-state index contributed by atoms with van der Waals surface area (Å²) in [5, 5.41) is 55.0. The van der Waals surface area contributed by atoms with E-state index in [-0.39, 0.29) is 6.42 Å². The van der Waals surface area contributed by atoms with E-state index in [0.717, 1.165) is 38.5 Å². The van der Waals surface area contributed by atoms with Crippen LogP contribution in [0, 0.1) is 0 Å². The summed E-state index contributed by atoms with van der Waals surface area (Å²) in [4.78, 5) is 13.0. The molecule has 13 nitrogen and oxygen atoms in total. The highest BCUT2D eigenvalue weighted by Gasteiger charge is 2.48. The van der Waals surface area contributed by atoms with Crippen molar-refractivity contribution in [2.75, 3.05) is 13.2 Å². The van der Waals surface area contributed by atoms with E-state index < -0.39 is 78.5 Å². The van der Waals surface area contributed by atoms with Gasteiger partial charge in [-0.25, -0.2) is 4.18 Å². The zero-order valence-electron chi connectivity index (χ0n) is 33.9. The van der Waals surface area contributed by atoms with Gasteiger partial charge in [0.05, 0.1) is 25.4 Å². The highest BCUT2D eigenvalue weighted by atomic mass is 32.3. The lowest BCUT2D eigenvalue weighted by molar-refractivity contribution is -0.298. The number of hydrogen-bond donors (Lipinski definition) is 7. The van der Waals surface area contributed by atoms with Gasteiger partial charge < -0.3 is 40.3 Å². The van der Waals surface area contributed by atoms with Gasteiger partial charge in [-0.3, -0.25) is 9.35 Å². The summed E-state index contributed by atoms with van der Waals surface area (Å²) in [5.41, 5.74) is 0. The van der Waals surface area contributed by atoms with Crippen molar-refractivity contribution in [3.63, 3.8) is 0 Å². The maximum absolute atomic E-state index is 13.0. The molecule has 14 heteroatoms. The van der Waals surface area contributed by atoms with Crippen LogP contribution < -0.4 is 5.32 Å². The molecule has 0 aliphatic carbocycles. The quantitative estimate of drug-likeness (QED) is 0.0212. The first-order chi connectivity index (χ1) is 26.4. The van der Waals surface area contributed by atoms with E-state index in [1.165, 1.54) is 102 Å². The third kappa shape index (κ3) is 25.5. The third-order valence-corrected chi connectivity index (χ3v) is 10.6. The Hall–Kier alpha value is -1.46. The molecule has 0 bridgehead atoms. The molecule has 1 aliphatic rings. The molecule has 0 spiro atoms. The molecular formula is C41H77NO12S. The molecule has 1 fully saturated rings. The van der Waals surface area contributed by atoms with Crippen molar-refractivity contribution in [2.24, 2.45) is 0 Å². The number of allylic oxidation sites excluding steroid dienone is 3. The van der Waals surface area contributed by atoms with Crippen LogP contribution in [0.15, 0.2) is 24.3 Å². The lowest BCUT2D eigenvalue weighted by Crippen LogP contribution is -2.61. The van der Waals surface area contributed by atoms with Crippen LogP contribution in [0.1, 0.15) is 168 Å². The second-order valence-corrected chi connectivity index (χ2v) is 16.1. The van der Waals surface area contributed by atoms with Crippen LogP contribution in [0.25, 0.3) is 0 Å². The van der Waals surface area contributed by atoms with Crippen LogP contribution in [0.3, 0.4) is 0 Å². The molecule has 55 heavy (non-hydrogen) atoms. The second-order valence-electron chi connectivity index (χ2n) is 15.1. The number of carbonyl (C=O) groups is 1. The van der Waals surface area contributed by atoms with E-state index in [1.807, 2.05) is 0 Å². The van der Waals surface area contributed by atoms with Crippen LogP contribution in [-0.4, -0.2) is 107 Å². The average molecular weight is 808 g/mol. The number of aliphatic hydroxyl groups is 5. The largest absolute Gasteiger partial charge is 0.397 e. The molecule has 8 atom stereocenters. The summed E-state index contributed by atoms with van der Waals surface area (Å²) in [6.07, 6.45) is 22.7. The Labute approximate surface area is 332 Å². The number of carbonyl (C=O) groups excluding carboxylic acids is 1. The number of unbranched alkanes of at least 4 members (excludes halogenated alkanes) is 20. The molecule has 0 radical (unpaired) electrons. The standard InChI is InChI=1S/C41H77NO12S/c1-3-5-7-9-11-13-15-17-19-21-23-25-27-29-34(44)33(32-52-41-38(47)39(54-55(49,50)51)37(46)36(31-43)53-41)42-40(48)35(45)30-28-26-24-22-20-18-16-14-12-10-8-6-4-2/h19,21,27,29,33-39,41,43-47H,3-18,20,22-26,28,30-32H2,1-2H3,(H,42,48)(H,49,50,51)/b21-19+,29-27+. The lowest BCUT2D eigenvalue weighted by atomic mass is 9.99. The van der Waals surface area contributed by atoms with Crippen molar-refractivity contribution in [3.05, 3.63) is 24.3 Å². The lowest BCUT2D eigenvalue weighted by Gasteiger charge is -2.41. The van der Waals surface area contributed by atoms with Crippen molar-refractivity contribution >= 4 is 16.3 Å². The smallest absolute Gasteiger partial charge is 0.394 e. The topological polar surface area (TPSA) is 212 Å². The molecule has 324 valence electrons. The molecule has 1 rings (SSSR count). The first-order valence-electron chi connectivity index (χ1n) is 21.3. The number of aliphatic hydroxyl groups excluding tert-OH is 5. The van der Waals surface area contributed by atoms with Crippen molar-refractivity contribution < 1.29 is 57.0 Å². The number of nitrogens with one attached hydrogen (secondary N) is 1. The van der Waals surface area contributed by atoms with E-state index in [0.29, 0.717) is 12.8 Å². The first kappa shape index (κ1) is 51.6. The predicted molar refractivity (Wildman–Crippen MR) is 215 cm³/mol. The fourth-order valence-electron chi connectivity index (χ4n) is 6.65. The number of rotatable bonds is 35. The average Bonchev–Trinajstić information content (AvgIpc) is 3.15. The van der Waals surface area contributed by atoms with Gasteiger partial charge in [0.1, 0.15) is 30.5 Å². The van der Waals surface area contributed by atoms with Gasteiger partial charge in [-0.1, -0.05) is 160 Å². The zero-order valence-corrected chi connectivity index (χ0v) is 34.7. The highest BCUT2D eigenvalue weighted by molar-refractivity contribution is 7.80. The monoisotopic (exact) mass is 808 g/mol. The van der Waals surface area contributed by atoms with Crippen LogP contribution in [0.5, 0.6) is 0 Å². The summed E-state index contributed by atoms with van der Waals surface area (Å²) >= 11 is 0. The Kier molecular flexibility index (Phi) is 30.5. The van der Waals surface area contributed by atoms with Crippen molar-refractivity contribution in [1.82, 2.24) is 5.32 Å². The molecule has 0 aromatic carbocycles. The van der Waals surface area contributed by atoms with E-state index in [2.05, 4.69) is 35.5 Å². The van der Waals surface area contributed by atoms with E-state index in [1.54, 1.807) is 6.08 Å². The minimum Gasteiger partial charge on any atom is -0.394 e. The summed E-state index contributed by atoms with van der Waals surface area (Å²) in [7, 11) is -5.12. The molecular weight excluding hydrogens is 731 g/mol. The van der Waals surface area contributed by atoms with Gasteiger partial charge >= 0.3 is 10.4 Å². The van der Waals surface area contributed by atoms with E-state index in [9.17, 15) is 38.7 Å². The molecule has 0 aromatic rings. The molecule has 1 heterocycles.